The molecule has 0 aromatic carbocycles. The minimum atomic E-state index is -1.80. The molecule has 0 saturated carbocycles. The first-order valence-electron chi connectivity index (χ1n) is 6.87. The molecule has 0 aliphatic carbocycles. The molecule has 2 atom stereocenters. The lowest BCUT2D eigenvalue weighted by atomic mass is 9.87. The second-order valence-electron chi connectivity index (χ2n) is 7.42. The van der Waals surface area contributed by atoms with Gasteiger partial charge in [0.1, 0.15) is 5.22 Å². The van der Waals surface area contributed by atoms with Crippen molar-refractivity contribution in [1.29, 1.82) is 0 Å². The van der Waals surface area contributed by atoms with Crippen LogP contribution in [0.3, 0.4) is 0 Å². The standard InChI is InChI=1S/C15H27NO2Si/c1-14(2,3)13(17)15(4,19(5,6)7)18-11-12-9-8-10-16-12/h8-10,12H,11H2,1-7H3. The summed E-state index contributed by atoms with van der Waals surface area (Å²) in [4.78, 5) is 17.1. The van der Waals surface area contributed by atoms with E-state index in [1.165, 1.54) is 0 Å². The van der Waals surface area contributed by atoms with E-state index in [-0.39, 0.29) is 17.2 Å². The van der Waals surface area contributed by atoms with Crippen molar-refractivity contribution in [2.24, 2.45) is 10.4 Å². The van der Waals surface area contributed by atoms with Gasteiger partial charge in [0.15, 0.2) is 5.78 Å². The smallest absolute Gasteiger partial charge is 0.166 e. The predicted molar refractivity (Wildman–Crippen MR) is 83.6 cm³/mol. The molecule has 0 fully saturated rings. The molecule has 1 heterocycles. The molecule has 0 spiro atoms. The van der Waals surface area contributed by atoms with Gasteiger partial charge in [0.25, 0.3) is 0 Å². The second-order valence-corrected chi connectivity index (χ2v) is 12.9. The molecule has 19 heavy (non-hydrogen) atoms. The molecule has 3 nitrogen and oxygen atoms in total. The van der Waals surface area contributed by atoms with Crippen LogP contribution in [-0.4, -0.2) is 37.9 Å². The highest BCUT2D eigenvalue weighted by molar-refractivity contribution is 6.82. The fraction of sp³-hybridized carbons (Fsp3) is 0.733. The number of carbonyl (C=O) groups excluding carboxylic acids is 1. The molecule has 0 radical (unpaired) electrons. The van der Waals surface area contributed by atoms with E-state index < -0.39 is 13.3 Å². The molecule has 0 aromatic rings. The van der Waals surface area contributed by atoms with Crippen LogP contribution in [0.15, 0.2) is 17.1 Å². The fourth-order valence-electron chi connectivity index (χ4n) is 2.08. The lowest BCUT2D eigenvalue weighted by Crippen LogP contribution is -2.61. The van der Waals surface area contributed by atoms with Gasteiger partial charge >= 0.3 is 0 Å². The molecule has 0 saturated heterocycles. The van der Waals surface area contributed by atoms with E-state index >= 15 is 0 Å². The Morgan fingerprint density at radius 1 is 1.26 bits per heavy atom. The zero-order valence-electron chi connectivity index (χ0n) is 13.3. The van der Waals surface area contributed by atoms with E-state index in [1.807, 2.05) is 39.8 Å². The van der Waals surface area contributed by atoms with Crippen LogP contribution in [0, 0.1) is 5.41 Å². The Bertz CT molecular complexity index is 389. The third-order valence-electron chi connectivity index (χ3n) is 3.79. The number of hydrogen-bond donors (Lipinski definition) is 0. The Morgan fingerprint density at radius 3 is 2.21 bits per heavy atom. The van der Waals surface area contributed by atoms with Crippen molar-refractivity contribution in [2.75, 3.05) is 6.61 Å². The average Bonchev–Trinajstić information content (AvgIpc) is 2.74. The number of aliphatic imine (C=N–C) groups is 1. The summed E-state index contributed by atoms with van der Waals surface area (Å²) in [6.45, 7) is 14.9. The average molecular weight is 281 g/mol. The maximum Gasteiger partial charge on any atom is 0.166 e. The van der Waals surface area contributed by atoms with E-state index in [0.717, 1.165) is 0 Å². The largest absolute Gasteiger partial charge is 0.369 e. The highest BCUT2D eigenvalue weighted by atomic mass is 28.3. The van der Waals surface area contributed by atoms with Crippen LogP contribution in [0.25, 0.3) is 0 Å². The normalized spacial score (nSPS) is 22.6. The fourth-order valence-corrected chi connectivity index (χ4v) is 3.65. The molecule has 4 heteroatoms. The Morgan fingerprint density at radius 2 is 1.84 bits per heavy atom. The van der Waals surface area contributed by atoms with Gasteiger partial charge in [0, 0.05) is 11.6 Å². The molecule has 1 aliphatic rings. The summed E-state index contributed by atoms with van der Waals surface area (Å²) in [6, 6.07) is 0.0587. The quantitative estimate of drug-likeness (QED) is 0.726. The van der Waals surface area contributed by atoms with Crippen LogP contribution in [0.1, 0.15) is 27.7 Å². The van der Waals surface area contributed by atoms with Crippen molar-refractivity contribution in [1.82, 2.24) is 0 Å². The zero-order chi connectivity index (χ0) is 14.9. The van der Waals surface area contributed by atoms with Gasteiger partial charge in [-0.2, -0.15) is 0 Å². The Labute approximate surface area is 118 Å². The molecule has 0 aromatic heterocycles. The number of allylic oxidation sites excluding steroid dienone is 1. The molecule has 1 rings (SSSR count). The zero-order valence-corrected chi connectivity index (χ0v) is 14.3. The highest BCUT2D eigenvalue weighted by Gasteiger charge is 2.50. The number of Topliss-reactive ketones (excluding diaryl/α,β-unsaturated/α-hetero) is 1. The van der Waals surface area contributed by atoms with Crippen LogP contribution < -0.4 is 0 Å². The van der Waals surface area contributed by atoms with Gasteiger partial charge in [-0.25, -0.2) is 0 Å². The van der Waals surface area contributed by atoms with Crippen molar-refractivity contribution >= 4 is 20.1 Å². The van der Waals surface area contributed by atoms with Crippen LogP contribution >= 0.6 is 0 Å². The van der Waals surface area contributed by atoms with Crippen LogP contribution in [0.5, 0.6) is 0 Å². The minimum Gasteiger partial charge on any atom is -0.369 e. The van der Waals surface area contributed by atoms with Crippen LogP contribution in [0.4, 0.5) is 0 Å². The monoisotopic (exact) mass is 281 g/mol. The Hall–Kier alpha value is -0.743. The molecular formula is C15H27NO2Si. The molecule has 0 bridgehead atoms. The molecular weight excluding hydrogens is 254 g/mol. The lowest BCUT2D eigenvalue weighted by molar-refractivity contribution is -0.142. The summed E-state index contributed by atoms with van der Waals surface area (Å²) < 4.78 is 6.11. The summed E-state index contributed by atoms with van der Waals surface area (Å²) in [5.74, 6) is 0.199. The first kappa shape index (κ1) is 16.3. The van der Waals surface area contributed by atoms with Gasteiger partial charge in [0.05, 0.1) is 20.7 Å². The number of carbonyl (C=O) groups is 1. The van der Waals surface area contributed by atoms with Crippen molar-refractivity contribution < 1.29 is 9.53 Å². The number of hydrogen-bond acceptors (Lipinski definition) is 3. The lowest BCUT2D eigenvalue weighted by Gasteiger charge is -2.42. The van der Waals surface area contributed by atoms with Crippen molar-refractivity contribution in [3.8, 4) is 0 Å². The van der Waals surface area contributed by atoms with Gasteiger partial charge in [-0.1, -0.05) is 46.5 Å². The SMILES string of the molecule is CC(C)(C)C(=O)C(C)(OCC1C=CC=N1)[Si](C)(C)C. The summed E-state index contributed by atoms with van der Waals surface area (Å²) in [5, 5.41) is -0.669. The summed E-state index contributed by atoms with van der Waals surface area (Å²) >= 11 is 0. The highest BCUT2D eigenvalue weighted by Crippen LogP contribution is 2.33. The van der Waals surface area contributed by atoms with Crippen LogP contribution in [-0.2, 0) is 9.53 Å². The van der Waals surface area contributed by atoms with E-state index in [0.29, 0.717) is 6.61 Å². The van der Waals surface area contributed by atoms with Crippen LogP contribution in [0.2, 0.25) is 19.6 Å². The van der Waals surface area contributed by atoms with E-state index in [2.05, 4.69) is 24.6 Å². The molecule has 0 N–H and O–H groups in total. The van der Waals surface area contributed by atoms with Crippen molar-refractivity contribution in [3.05, 3.63) is 12.2 Å². The van der Waals surface area contributed by atoms with E-state index in [4.69, 9.17) is 4.74 Å². The Balaban J connectivity index is 2.90. The third kappa shape index (κ3) is 3.63. The summed E-state index contributed by atoms with van der Waals surface area (Å²) in [5.41, 5.74) is -0.385. The second kappa shape index (κ2) is 5.33. The topological polar surface area (TPSA) is 38.7 Å². The number of nitrogens with zero attached hydrogens (tertiary/aromatic N) is 1. The number of rotatable bonds is 5. The van der Waals surface area contributed by atoms with Gasteiger partial charge in [-0.15, -0.1) is 0 Å². The molecule has 0 amide bonds. The third-order valence-corrected chi connectivity index (χ3v) is 7.02. The molecule has 108 valence electrons. The van der Waals surface area contributed by atoms with E-state index in [1.54, 1.807) is 6.21 Å². The number of ketones is 1. The van der Waals surface area contributed by atoms with Crippen molar-refractivity contribution in [2.45, 2.75) is 58.6 Å². The van der Waals surface area contributed by atoms with Gasteiger partial charge in [0.2, 0.25) is 0 Å². The summed E-state index contributed by atoms with van der Waals surface area (Å²) in [6.07, 6.45) is 5.71. The van der Waals surface area contributed by atoms with Gasteiger partial charge in [-0.3, -0.25) is 9.79 Å². The van der Waals surface area contributed by atoms with Gasteiger partial charge < -0.3 is 4.74 Å². The molecule has 1 aliphatic heterocycles. The van der Waals surface area contributed by atoms with Crippen molar-refractivity contribution in [3.63, 3.8) is 0 Å². The first-order chi connectivity index (χ1) is 8.48. The number of ether oxygens (including phenoxy) is 1. The maximum absolute atomic E-state index is 12.8. The molecule has 2 unspecified atom stereocenters. The summed E-state index contributed by atoms with van der Waals surface area (Å²) in [7, 11) is -1.80. The Kier molecular flexibility index (Phi) is 4.57. The maximum atomic E-state index is 12.8. The predicted octanol–water partition coefficient (Wildman–Crippen LogP) is 3.26. The van der Waals surface area contributed by atoms with Gasteiger partial charge in [-0.05, 0) is 13.0 Å². The minimum absolute atomic E-state index is 0.0587. The van der Waals surface area contributed by atoms with E-state index in [9.17, 15) is 4.79 Å². The first-order valence-corrected chi connectivity index (χ1v) is 10.4.